The molecular formula is C25H28N4O5S. The number of hydrogen-bond acceptors (Lipinski definition) is 8. The molecule has 1 unspecified atom stereocenters. The van der Waals surface area contributed by atoms with Gasteiger partial charge in [0, 0.05) is 23.3 Å². The molecule has 0 spiro atoms. The first-order valence-electron chi connectivity index (χ1n) is 11.0. The number of carbonyl (C=O) groups excluding carboxylic acids is 1. The first kappa shape index (κ1) is 24.6. The summed E-state index contributed by atoms with van der Waals surface area (Å²) in [5, 5.41) is 7.29. The molecule has 0 aliphatic carbocycles. The van der Waals surface area contributed by atoms with Crippen molar-refractivity contribution in [3.8, 4) is 22.9 Å². The highest BCUT2D eigenvalue weighted by atomic mass is 32.2. The number of nitrogens with zero attached hydrogens (tertiary/aromatic N) is 3. The van der Waals surface area contributed by atoms with Gasteiger partial charge in [-0.3, -0.25) is 4.90 Å². The molecule has 35 heavy (non-hydrogen) atoms. The van der Waals surface area contributed by atoms with Crippen LogP contribution in [0.1, 0.15) is 24.4 Å². The van der Waals surface area contributed by atoms with E-state index in [0.717, 1.165) is 16.0 Å². The van der Waals surface area contributed by atoms with Crippen molar-refractivity contribution in [2.75, 3.05) is 40.7 Å². The zero-order valence-electron chi connectivity index (χ0n) is 20.3. The molecule has 1 aliphatic rings. The van der Waals surface area contributed by atoms with Crippen molar-refractivity contribution in [3.05, 3.63) is 59.6 Å². The summed E-state index contributed by atoms with van der Waals surface area (Å²) in [5.41, 5.74) is 3.04. The molecule has 2 amide bonds. The number of methoxy groups -OCH3 is 3. The highest BCUT2D eigenvalue weighted by Crippen LogP contribution is 2.40. The standard InChI is InChI=1S/C25H28N4O5S/c1-15-21(24-27-23(28-34-24)16-6-9-18(35-5)10-7-16)22(26-25(30)29(15)12-13-31-2)17-8-11-19(32-3)20(14-17)33-4/h6-11,14,22H,12-13H2,1-5H3,(H,26,30). The molecule has 1 N–H and O–H groups in total. The zero-order valence-corrected chi connectivity index (χ0v) is 21.1. The normalized spacial score (nSPS) is 15.9. The topological polar surface area (TPSA) is 99.0 Å². The predicted molar refractivity (Wildman–Crippen MR) is 134 cm³/mol. The first-order valence-corrected chi connectivity index (χ1v) is 12.2. The van der Waals surface area contributed by atoms with E-state index in [0.29, 0.717) is 47.6 Å². The highest BCUT2D eigenvalue weighted by molar-refractivity contribution is 7.98. The van der Waals surface area contributed by atoms with E-state index in [2.05, 4.69) is 10.5 Å². The number of urea groups is 1. The third kappa shape index (κ3) is 4.98. The number of aromatic nitrogens is 2. The van der Waals surface area contributed by atoms with Gasteiger partial charge >= 0.3 is 6.03 Å². The van der Waals surface area contributed by atoms with Crippen molar-refractivity contribution in [1.29, 1.82) is 0 Å². The van der Waals surface area contributed by atoms with Gasteiger partial charge in [-0.25, -0.2) is 4.79 Å². The van der Waals surface area contributed by atoms with E-state index in [1.807, 2.05) is 49.6 Å². The number of carbonyl (C=O) groups is 1. The van der Waals surface area contributed by atoms with Gasteiger partial charge in [0.2, 0.25) is 5.82 Å². The first-order chi connectivity index (χ1) is 17.0. The molecule has 2 heterocycles. The predicted octanol–water partition coefficient (Wildman–Crippen LogP) is 4.62. The summed E-state index contributed by atoms with van der Waals surface area (Å²) < 4.78 is 21.8. The molecule has 0 radical (unpaired) electrons. The van der Waals surface area contributed by atoms with Crippen molar-refractivity contribution in [3.63, 3.8) is 0 Å². The van der Waals surface area contributed by atoms with Gasteiger partial charge in [0.15, 0.2) is 11.5 Å². The van der Waals surface area contributed by atoms with Gasteiger partial charge < -0.3 is 24.1 Å². The Hall–Kier alpha value is -3.50. The molecule has 0 bridgehead atoms. The summed E-state index contributed by atoms with van der Waals surface area (Å²) in [6.07, 6.45) is 2.03. The number of ether oxygens (including phenoxy) is 3. The van der Waals surface area contributed by atoms with Crippen LogP contribution in [0.15, 0.2) is 57.6 Å². The average molecular weight is 497 g/mol. The van der Waals surface area contributed by atoms with Gasteiger partial charge in [-0.2, -0.15) is 4.98 Å². The summed E-state index contributed by atoms with van der Waals surface area (Å²) in [6, 6.07) is 12.7. The van der Waals surface area contributed by atoms with E-state index >= 15 is 0 Å². The molecule has 1 atom stereocenters. The molecule has 0 fully saturated rings. The van der Waals surface area contributed by atoms with Crippen molar-refractivity contribution in [2.45, 2.75) is 17.9 Å². The summed E-state index contributed by atoms with van der Waals surface area (Å²) in [4.78, 5) is 20.5. The van der Waals surface area contributed by atoms with E-state index in [1.165, 1.54) is 0 Å². The molecule has 4 rings (SSSR count). The van der Waals surface area contributed by atoms with Crippen LogP contribution in [-0.4, -0.2) is 61.8 Å². The van der Waals surface area contributed by atoms with Crippen LogP contribution >= 0.6 is 11.8 Å². The number of thioether (sulfide) groups is 1. The van der Waals surface area contributed by atoms with Gasteiger partial charge in [-0.15, -0.1) is 11.8 Å². The van der Waals surface area contributed by atoms with Crippen LogP contribution < -0.4 is 14.8 Å². The van der Waals surface area contributed by atoms with Crippen LogP contribution in [0.25, 0.3) is 17.0 Å². The third-order valence-corrected chi connectivity index (χ3v) is 6.60. The third-order valence-electron chi connectivity index (χ3n) is 5.86. The van der Waals surface area contributed by atoms with Crippen molar-refractivity contribution < 1.29 is 23.5 Å². The Balaban J connectivity index is 1.79. The van der Waals surface area contributed by atoms with Gasteiger partial charge in [-0.1, -0.05) is 11.2 Å². The second-order valence-corrected chi connectivity index (χ2v) is 8.67. The number of amides is 2. The molecule has 0 saturated heterocycles. The zero-order chi connectivity index (χ0) is 24.9. The van der Waals surface area contributed by atoms with E-state index in [4.69, 9.17) is 23.7 Å². The fraction of sp³-hybridized carbons (Fsp3) is 0.320. The minimum absolute atomic E-state index is 0.240. The highest BCUT2D eigenvalue weighted by Gasteiger charge is 2.36. The Bertz CT molecular complexity index is 1220. The second-order valence-electron chi connectivity index (χ2n) is 7.79. The Morgan fingerprint density at radius 1 is 1.09 bits per heavy atom. The number of nitrogens with one attached hydrogen (secondary N) is 1. The number of allylic oxidation sites excluding steroid dienone is 1. The van der Waals surface area contributed by atoms with Crippen LogP contribution in [0.4, 0.5) is 4.79 Å². The van der Waals surface area contributed by atoms with E-state index in [9.17, 15) is 4.79 Å². The Morgan fingerprint density at radius 3 is 2.49 bits per heavy atom. The Morgan fingerprint density at radius 2 is 1.83 bits per heavy atom. The molecule has 1 aromatic heterocycles. The SMILES string of the molecule is COCCN1C(=O)NC(c2ccc(OC)c(OC)c2)C(c2nc(-c3ccc(SC)cc3)no2)=C1C. The number of hydrogen-bond donors (Lipinski definition) is 1. The van der Waals surface area contributed by atoms with E-state index in [-0.39, 0.29) is 6.03 Å². The van der Waals surface area contributed by atoms with Crippen LogP contribution in [0.2, 0.25) is 0 Å². The van der Waals surface area contributed by atoms with Gasteiger partial charge in [0.25, 0.3) is 5.89 Å². The molecule has 1 aliphatic heterocycles. The fourth-order valence-corrected chi connectivity index (χ4v) is 4.39. The minimum Gasteiger partial charge on any atom is -0.493 e. The molecular weight excluding hydrogens is 468 g/mol. The average Bonchev–Trinajstić information content (AvgIpc) is 3.37. The lowest BCUT2D eigenvalue weighted by molar-refractivity contribution is 0.158. The lowest BCUT2D eigenvalue weighted by Gasteiger charge is -2.35. The molecule has 3 aromatic rings. The van der Waals surface area contributed by atoms with Crippen LogP contribution in [-0.2, 0) is 4.74 Å². The fourth-order valence-electron chi connectivity index (χ4n) is 3.98. The van der Waals surface area contributed by atoms with E-state index < -0.39 is 6.04 Å². The maximum Gasteiger partial charge on any atom is 0.322 e. The second kappa shape index (κ2) is 10.8. The Labute approximate surface area is 208 Å². The summed E-state index contributed by atoms with van der Waals surface area (Å²) >= 11 is 1.66. The largest absolute Gasteiger partial charge is 0.493 e. The van der Waals surface area contributed by atoms with Gasteiger partial charge in [0.05, 0.1) is 39.0 Å². The van der Waals surface area contributed by atoms with Crippen LogP contribution in [0.5, 0.6) is 11.5 Å². The van der Waals surface area contributed by atoms with Gasteiger partial charge in [0.1, 0.15) is 0 Å². The van der Waals surface area contributed by atoms with Crippen LogP contribution in [0, 0.1) is 0 Å². The molecule has 9 nitrogen and oxygen atoms in total. The lowest BCUT2D eigenvalue weighted by Crippen LogP contribution is -2.47. The maximum absolute atomic E-state index is 13.0. The minimum atomic E-state index is -0.534. The quantitative estimate of drug-likeness (QED) is 0.429. The molecule has 0 saturated carbocycles. The molecule has 10 heteroatoms. The van der Waals surface area contributed by atoms with E-state index in [1.54, 1.807) is 44.1 Å². The molecule has 2 aromatic carbocycles. The smallest absolute Gasteiger partial charge is 0.322 e. The van der Waals surface area contributed by atoms with Crippen molar-refractivity contribution in [2.24, 2.45) is 0 Å². The Kier molecular flexibility index (Phi) is 7.62. The maximum atomic E-state index is 13.0. The van der Waals surface area contributed by atoms with Crippen LogP contribution in [0.3, 0.4) is 0 Å². The van der Waals surface area contributed by atoms with Crippen molar-refractivity contribution in [1.82, 2.24) is 20.4 Å². The lowest BCUT2D eigenvalue weighted by atomic mass is 9.94. The van der Waals surface area contributed by atoms with Gasteiger partial charge in [-0.05, 0) is 55.1 Å². The summed E-state index contributed by atoms with van der Waals surface area (Å²) in [5.74, 6) is 1.95. The number of benzene rings is 2. The summed E-state index contributed by atoms with van der Waals surface area (Å²) in [6.45, 7) is 2.64. The summed E-state index contributed by atoms with van der Waals surface area (Å²) in [7, 11) is 4.75. The van der Waals surface area contributed by atoms with Crippen molar-refractivity contribution >= 4 is 23.4 Å². The number of rotatable bonds is 9. The monoisotopic (exact) mass is 496 g/mol. The molecule has 184 valence electrons.